The SMILES string of the molecule is CC(=O)Nc1cccc2ccc(-c3cnc4ccccc4c3)nc12. The van der Waals surface area contributed by atoms with Crippen molar-refractivity contribution in [2.24, 2.45) is 0 Å². The van der Waals surface area contributed by atoms with Crippen LogP contribution in [0.3, 0.4) is 0 Å². The molecule has 2 aromatic carbocycles. The van der Waals surface area contributed by atoms with Crippen LogP contribution in [0.2, 0.25) is 0 Å². The summed E-state index contributed by atoms with van der Waals surface area (Å²) in [6.45, 7) is 1.50. The highest BCUT2D eigenvalue weighted by Gasteiger charge is 2.07. The predicted molar refractivity (Wildman–Crippen MR) is 96.8 cm³/mol. The van der Waals surface area contributed by atoms with E-state index in [1.807, 2.05) is 60.8 Å². The Bertz CT molecular complexity index is 1070. The van der Waals surface area contributed by atoms with E-state index in [0.29, 0.717) is 0 Å². The molecule has 2 heterocycles. The van der Waals surface area contributed by atoms with Gasteiger partial charge in [0.2, 0.25) is 5.91 Å². The first-order valence-electron chi connectivity index (χ1n) is 7.73. The van der Waals surface area contributed by atoms with Crippen molar-refractivity contribution in [2.45, 2.75) is 6.92 Å². The first-order chi connectivity index (χ1) is 11.7. The van der Waals surface area contributed by atoms with E-state index < -0.39 is 0 Å². The van der Waals surface area contributed by atoms with Crippen molar-refractivity contribution in [3.05, 3.63) is 66.9 Å². The van der Waals surface area contributed by atoms with Crippen molar-refractivity contribution in [3.63, 3.8) is 0 Å². The van der Waals surface area contributed by atoms with E-state index in [-0.39, 0.29) is 5.91 Å². The molecule has 0 spiro atoms. The van der Waals surface area contributed by atoms with Gasteiger partial charge < -0.3 is 5.32 Å². The van der Waals surface area contributed by atoms with Crippen molar-refractivity contribution in [1.29, 1.82) is 0 Å². The van der Waals surface area contributed by atoms with E-state index in [4.69, 9.17) is 4.98 Å². The summed E-state index contributed by atoms with van der Waals surface area (Å²) in [4.78, 5) is 20.7. The number of hydrogen-bond acceptors (Lipinski definition) is 3. The lowest BCUT2D eigenvalue weighted by molar-refractivity contribution is -0.114. The molecule has 0 radical (unpaired) electrons. The number of anilines is 1. The second-order valence-electron chi connectivity index (χ2n) is 5.67. The molecule has 0 unspecified atom stereocenters. The van der Waals surface area contributed by atoms with Crippen LogP contribution in [0, 0.1) is 0 Å². The van der Waals surface area contributed by atoms with Gasteiger partial charge in [0.1, 0.15) is 0 Å². The van der Waals surface area contributed by atoms with Gasteiger partial charge >= 0.3 is 0 Å². The summed E-state index contributed by atoms with van der Waals surface area (Å²) in [6, 6.07) is 19.8. The highest BCUT2D eigenvalue weighted by Crippen LogP contribution is 2.27. The molecule has 4 aromatic rings. The van der Waals surface area contributed by atoms with Gasteiger partial charge in [0.05, 0.1) is 22.4 Å². The van der Waals surface area contributed by atoms with E-state index >= 15 is 0 Å². The number of pyridine rings is 2. The minimum Gasteiger partial charge on any atom is -0.324 e. The van der Waals surface area contributed by atoms with Gasteiger partial charge in [0.25, 0.3) is 0 Å². The Morgan fingerprint density at radius 2 is 1.79 bits per heavy atom. The number of rotatable bonds is 2. The van der Waals surface area contributed by atoms with E-state index in [9.17, 15) is 4.79 Å². The lowest BCUT2D eigenvalue weighted by Gasteiger charge is -2.09. The van der Waals surface area contributed by atoms with Crippen molar-refractivity contribution in [1.82, 2.24) is 9.97 Å². The summed E-state index contributed by atoms with van der Waals surface area (Å²) in [6.07, 6.45) is 1.83. The molecule has 0 fully saturated rings. The predicted octanol–water partition coefficient (Wildman–Crippen LogP) is 4.41. The Hall–Kier alpha value is -3.27. The number of carbonyl (C=O) groups excluding carboxylic acids is 1. The van der Waals surface area contributed by atoms with Crippen molar-refractivity contribution in [3.8, 4) is 11.3 Å². The number of amides is 1. The second-order valence-corrected chi connectivity index (χ2v) is 5.67. The standard InChI is InChI=1S/C20H15N3O/c1-13(24)22-19-8-4-6-14-9-10-18(23-20(14)19)16-11-15-5-2-3-7-17(15)21-12-16/h2-12H,1H3,(H,22,24). The lowest BCUT2D eigenvalue weighted by atomic mass is 10.1. The first kappa shape index (κ1) is 14.3. The van der Waals surface area contributed by atoms with Gasteiger partial charge in [-0.3, -0.25) is 9.78 Å². The van der Waals surface area contributed by atoms with Gasteiger partial charge in [0.15, 0.2) is 0 Å². The zero-order chi connectivity index (χ0) is 16.5. The molecule has 4 rings (SSSR count). The normalized spacial score (nSPS) is 10.9. The molecule has 1 N–H and O–H groups in total. The zero-order valence-electron chi connectivity index (χ0n) is 13.2. The maximum absolute atomic E-state index is 11.4. The zero-order valence-corrected chi connectivity index (χ0v) is 13.2. The maximum atomic E-state index is 11.4. The fourth-order valence-corrected chi connectivity index (χ4v) is 2.81. The van der Waals surface area contributed by atoms with Crippen LogP contribution in [0.5, 0.6) is 0 Å². The summed E-state index contributed by atoms with van der Waals surface area (Å²) in [5, 5.41) is 4.90. The molecular weight excluding hydrogens is 298 g/mol. The molecule has 0 aliphatic rings. The van der Waals surface area contributed by atoms with Crippen LogP contribution in [-0.4, -0.2) is 15.9 Å². The highest BCUT2D eigenvalue weighted by atomic mass is 16.1. The average molecular weight is 313 g/mol. The van der Waals surface area contributed by atoms with Gasteiger partial charge in [-0.1, -0.05) is 36.4 Å². The van der Waals surface area contributed by atoms with Gasteiger partial charge in [0, 0.05) is 29.5 Å². The quantitative estimate of drug-likeness (QED) is 0.596. The van der Waals surface area contributed by atoms with Gasteiger partial charge in [-0.05, 0) is 24.3 Å². The molecule has 116 valence electrons. The summed E-state index contributed by atoms with van der Waals surface area (Å²) in [5.41, 5.74) is 4.24. The Labute approximate surface area is 139 Å². The molecule has 0 bridgehead atoms. The molecule has 2 aromatic heterocycles. The third-order valence-electron chi connectivity index (χ3n) is 3.92. The third kappa shape index (κ3) is 2.58. The summed E-state index contributed by atoms with van der Waals surface area (Å²) in [7, 11) is 0. The fraction of sp³-hybridized carbons (Fsp3) is 0.0500. The molecule has 0 atom stereocenters. The van der Waals surface area contributed by atoms with Crippen molar-refractivity contribution >= 4 is 33.4 Å². The summed E-state index contributed by atoms with van der Waals surface area (Å²) < 4.78 is 0. The molecule has 24 heavy (non-hydrogen) atoms. The maximum Gasteiger partial charge on any atom is 0.221 e. The minimum absolute atomic E-state index is 0.109. The van der Waals surface area contributed by atoms with Gasteiger partial charge in [-0.15, -0.1) is 0 Å². The Kier molecular flexibility index (Phi) is 3.43. The highest BCUT2D eigenvalue weighted by molar-refractivity contribution is 6.00. The van der Waals surface area contributed by atoms with Gasteiger partial charge in [-0.25, -0.2) is 4.98 Å². The molecule has 4 heteroatoms. The van der Waals surface area contributed by atoms with E-state index in [2.05, 4.69) is 16.4 Å². The number of carbonyl (C=O) groups is 1. The number of nitrogens with zero attached hydrogens (tertiary/aromatic N) is 2. The minimum atomic E-state index is -0.109. The number of benzene rings is 2. The second kappa shape index (κ2) is 5.74. The monoisotopic (exact) mass is 313 g/mol. The van der Waals surface area contributed by atoms with E-state index in [0.717, 1.165) is 38.8 Å². The first-order valence-corrected chi connectivity index (χ1v) is 7.73. The largest absolute Gasteiger partial charge is 0.324 e. The Morgan fingerprint density at radius 1 is 0.958 bits per heavy atom. The number of para-hydroxylation sites is 2. The van der Waals surface area contributed by atoms with E-state index in [1.54, 1.807) is 0 Å². The van der Waals surface area contributed by atoms with Crippen LogP contribution in [0.4, 0.5) is 5.69 Å². The number of nitrogens with one attached hydrogen (secondary N) is 1. The molecule has 0 aliphatic heterocycles. The van der Waals surface area contributed by atoms with Crippen molar-refractivity contribution in [2.75, 3.05) is 5.32 Å². The topological polar surface area (TPSA) is 54.9 Å². The molecular formula is C20H15N3O. The number of aromatic nitrogens is 2. The average Bonchev–Trinajstić information content (AvgIpc) is 2.61. The number of fused-ring (bicyclic) bond motifs is 2. The lowest BCUT2D eigenvalue weighted by Crippen LogP contribution is -2.06. The molecule has 0 saturated heterocycles. The van der Waals surface area contributed by atoms with Crippen LogP contribution in [-0.2, 0) is 4.79 Å². The van der Waals surface area contributed by atoms with Crippen LogP contribution in [0.15, 0.2) is 66.9 Å². The summed E-state index contributed by atoms with van der Waals surface area (Å²) in [5.74, 6) is -0.109. The Balaban J connectivity index is 1.87. The van der Waals surface area contributed by atoms with Crippen molar-refractivity contribution < 1.29 is 4.79 Å². The van der Waals surface area contributed by atoms with E-state index in [1.165, 1.54) is 6.92 Å². The smallest absolute Gasteiger partial charge is 0.221 e. The molecule has 4 nitrogen and oxygen atoms in total. The van der Waals surface area contributed by atoms with Gasteiger partial charge in [-0.2, -0.15) is 0 Å². The third-order valence-corrected chi connectivity index (χ3v) is 3.92. The van der Waals surface area contributed by atoms with Crippen LogP contribution in [0.25, 0.3) is 33.1 Å². The van der Waals surface area contributed by atoms with Crippen LogP contribution < -0.4 is 5.32 Å². The molecule has 1 amide bonds. The van der Waals surface area contributed by atoms with Crippen LogP contribution >= 0.6 is 0 Å². The Morgan fingerprint density at radius 3 is 2.67 bits per heavy atom. The molecule has 0 aliphatic carbocycles. The molecule has 0 saturated carbocycles. The summed E-state index contributed by atoms with van der Waals surface area (Å²) >= 11 is 0. The van der Waals surface area contributed by atoms with Crippen LogP contribution in [0.1, 0.15) is 6.92 Å². The number of hydrogen-bond donors (Lipinski definition) is 1. The fourth-order valence-electron chi connectivity index (χ4n) is 2.81.